The molecule has 1 aliphatic carbocycles. The van der Waals surface area contributed by atoms with Crippen LogP contribution >= 0.6 is 22.7 Å². The highest BCUT2D eigenvalue weighted by atomic mass is 32.1. The van der Waals surface area contributed by atoms with Crippen LogP contribution in [0.15, 0.2) is 48.5 Å². The van der Waals surface area contributed by atoms with Crippen molar-refractivity contribution in [1.82, 2.24) is 25.4 Å². The monoisotopic (exact) mass is 622 g/mol. The number of anilines is 3. The second kappa shape index (κ2) is 12.4. The van der Waals surface area contributed by atoms with Gasteiger partial charge >= 0.3 is 0 Å². The van der Waals surface area contributed by atoms with Crippen molar-refractivity contribution >= 4 is 50.6 Å². The molecule has 2 amide bonds. The zero-order valence-corrected chi connectivity index (χ0v) is 25.1. The Morgan fingerprint density at radius 2 is 1.63 bits per heavy atom. The maximum Gasteiger partial charge on any atom is 0.259 e. The number of rotatable bonds is 9. The summed E-state index contributed by atoms with van der Waals surface area (Å²) in [6, 6.07) is 14.2. The van der Waals surface area contributed by atoms with E-state index in [9.17, 15) is 19.1 Å². The number of carbonyl (C=O) groups excluding carboxylic acids is 2. The van der Waals surface area contributed by atoms with Gasteiger partial charge in [-0.15, -0.1) is 20.4 Å². The number of alkyl halides is 1. The van der Waals surface area contributed by atoms with Crippen molar-refractivity contribution < 1.29 is 19.1 Å². The van der Waals surface area contributed by atoms with Crippen molar-refractivity contribution in [3.63, 3.8) is 0 Å². The minimum absolute atomic E-state index is 0.0767. The van der Waals surface area contributed by atoms with Gasteiger partial charge in [0.05, 0.1) is 25.2 Å². The number of nitrogens with one attached hydrogen (secondary N) is 2. The minimum Gasteiger partial charge on any atom is -0.378 e. The molecule has 6 rings (SSSR count). The molecule has 0 spiro atoms. The van der Waals surface area contributed by atoms with Crippen LogP contribution in [-0.2, 0) is 16.0 Å². The number of benzene rings is 1. The van der Waals surface area contributed by atoms with Crippen LogP contribution in [-0.4, -0.2) is 61.1 Å². The number of aromatic nitrogens is 5. The van der Waals surface area contributed by atoms with Crippen LogP contribution in [0.3, 0.4) is 0 Å². The SMILES string of the molecule is CC1(F)CN(c2cccc(CC(=O)Nc3nnc([C@H]4CCC[C@H](c5nnc(NC(=O)[C@@H](O)c6ccccc6)s5)C4)s3)n2)C1. The van der Waals surface area contributed by atoms with Crippen LogP contribution in [0.4, 0.5) is 20.5 Å². The van der Waals surface area contributed by atoms with Crippen molar-refractivity contribution in [2.24, 2.45) is 0 Å². The van der Waals surface area contributed by atoms with Crippen LogP contribution in [0.1, 0.15) is 71.8 Å². The molecule has 3 aromatic heterocycles. The number of nitrogens with zero attached hydrogens (tertiary/aromatic N) is 6. The molecular formula is C29H31FN8O3S2. The van der Waals surface area contributed by atoms with E-state index in [1.807, 2.05) is 23.1 Å². The number of pyridine rings is 1. The fourth-order valence-electron chi connectivity index (χ4n) is 5.48. The second-order valence-corrected chi connectivity index (χ2v) is 13.3. The Hall–Kier alpha value is -3.88. The minimum atomic E-state index is -1.29. The van der Waals surface area contributed by atoms with E-state index >= 15 is 0 Å². The van der Waals surface area contributed by atoms with Gasteiger partial charge in [-0.1, -0.05) is 65.5 Å². The molecule has 4 aromatic rings. The zero-order chi connectivity index (χ0) is 30.0. The lowest BCUT2D eigenvalue weighted by molar-refractivity contribution is -0.124. The molecule has 3 N–H and O–H groups in total. The standard InChI is InChI=1S/C29H31FN8O3S2/c1-29(30)15-38(16-29)21-12-6-11-20(31-21)14-22(39)32-27-36-34-25(42-27)18-9-5-10-19(13-18)26-35-37-28(43-26)33-24(41)23(40)17-7-3-2-4-8-17/h2-4,6-8,11-12,18-19,23,40H,5,9-10,13-16H2,1H3,(H,32,36,39)(H,33,37,41)/t18-,19-,23-/m0/s1. The Kier molecular flexibility index (Phi) is 8.41. The molecule has 2 fully saturated rings. The summed E-state index contributed by atoms with van der Waals surface area (Å²) in [5.74, 6) is 0.194. The lowest BCUT2D eigenvalue weighted by Gasteiger charge is -2.43. The van der Waals surface area contributed by atoms with Crippen LogP contribution in [0.5, 0.6) is 0 Å². The molecule has 2 aliphatic rings. The number of halogens is 1. The van der Waals surface area contributed by atoms with Gasteiger partial charge in [0.25, 0.3) is 5.91 Å². The van der Waals surface area contributed by atoms with Crippen molar-refractivity contribution in [2.75, 3.05) is 28.6 Å². The maximum absolute atomic E-state index is 13.9. The van der Waals surface area contributed by atoms with E-state index < -0.39 is 17.7 Å². The van der Waals surface area contributed by atoms with Crippen molar-refractivity contribution in [2.45, 2.75) is 62.6 Å². The molecule has 1 aliphatic heterocycles. The number of hydrogen-bond donors (Lipinski definition) is 3. The Morgan fingerprint density at radius 1 is 0.977 bits per heavy atom. The molecule has 1 saturated heterocycles. The molecule has 11 nitrogen and oxygen atoms in total. The van der Waals surface area contributed by atoms with Crippen molar-refractivity contribution in [3.8, 4) is 0 Å². The van der Waals surface area contributed by atoms with Gasteiger partial charge in [0.15, 0.2) is 6.10 Å². The van der Waals surface area contributed by atoms with Crippen LogP contribution in [0.2, 0.25) is 0 Å². The largest absolute Gasteiger partial charge is 0.378 e. The first-order valence-electron chi connectivity index (χ1n) is 14.1. The Morgan fingerprint density at radius 3 is 2.28 bits per heavy atom. The van der Waals surface area contributed by atoms with E-state index in [1.54, 1.807) is 37.3 Å². The highest BCUT2D eigenvalue weighted by Gasteiger charge is 2.39. The molecule has 224 valence electrons. The highest BCUT2D eigenvalue weighted by molar-refractivity contribution is 7.15. The fourth-order valence-corrected chi connectivity index (χ4v) is 7.28. The average molecular weight is 623 g/mol. The van der Waals surface area contributed by atoms with Gasteiger partial charge in [-0.3, -0.25) is 14.9 Å². The first-order chi connectivity index (χ1) is 20.7. The molecule has 0 bridgehead atoms. The van der Waals surface area contributed by atoms with Gasteiger partial charge in [0, 0.05) is 11.8 Å². The third-order valence-corrected chi connectivity index (χ3v) is 9.60. The summed E-state index contributed by atoms with van der Waals surface area (Å²) in [5, 5.41) is 35.4. The van der Waals surface area contributed by atoms with Crippen LogP contribution < -0.4 is 15.5 Å². The van der Waals surface area contributed by atoms with Gasteiger partial charge in [0.1, 0.15) is 21.5 Å². The summed E-state index contributed by atoms with van der Waals surface area (Å²) in [6.45, 7) is 2.15. The fraction of sp³-hybridized carbons (Fsp3) is 0.414. The van der Waals surface area contributed by atoms with Crippen molar-refractivity contribution in [3.05, 3.63) is 69.8 Å². The van der Waals surface area contributed by atoms with E-state index in [1.165, 1.54) is 22.7 Å². The summed E-state index contributed by atoms with van der Waals surface area (Å²) in [6.07, 6.45) is 2.47. The Bertz CT molecular complexity index is 1590. The molecule has 0 radical (unpaired) electrons. The number of amides is 2. The maximum atomic E-state index is 13.9. The Labute approximate surface area is 255 Å². The highest BCUT2D eigenvalue weighted by Crippen LogP contribution is 2.43. The van der Waals surface area contributed by atoms with E-state index in [4.69, 9.17) is 0 Å². The van der Waals surface area contributed by atoms with E-state index in [0.717, 1.165) is 35.7 Å². The van der Waals surface area contributed by atoms with Gasteiger partial charge in [-0.05, 0) is 43.9 Å². The summed E-state index contributed by atoms with van der Waals surface area (Å²) in [4.78, 5) is 31.6. The number of aliphatic hydroxyl groups excluding tert-OH is 1. The zero-order valence-electron chi connectivity index (χ0n) is 23.4. The molecule has 1 aromatic carbocycles. The molecule has 1 saturated carbocycles. The molecule has 4 heterocycles. The van der Waals surface area contributed by atoms with Gasteiger partial charge in [-0.25, -0.2) is 9.37 Å². The summed E-state index contributed by atoms with van der Waals surface area (Å²) >= 11 is 2.69. The molecule has 0 unspecified atom stereocenters. The van der Waals surface area contributed by atoms with Gasteiger partial charge in [0.2, 0.25) is 16.2 Å². The molecule has 43 heavy (non-hydrogen) atoms. The first-order valence-corrected chi connectivity index (χ1v) is 15.8. The number of aliphatic hydroxyl groups is 1. The third-order valence-electron chi connectivity index (χ3n) is 7.59. The molecular weight excluding hydrogens is 592 g/mol. The first kappa shape index (κ1) is 29.2. The molecule has 14 heteroatoms. The topological polar surface area (TPSA) is 146 Å². The summed E-state index contributed by atoms with van der Waals surface area (Å²) in [5.41, 5.74) is -0.0923. The summed E-state index contributed by atoms with van der Waals surface area (Å²) in [7, 11) is 0. The lowest BCUT2D eigenvalue weighted by atomic mass is 9.82. The normalized spacial score (nSPS) is 20.2. The van der Waals surface area contributed by atoms with Gasteiger partial charge in [-0.2, -0.15) is 0 Å². The number of hydrogen-bond acceptors (Lipinski definition) is 11. The van der Waals surface area contributed by atoms with E-state index in [-0.39, 0.29) is 24.2 Å². The van der Waals surface area contributed by atoms with E-state index in [0.29, 0.717) is 40.4 Å². The van der Waals surface area contributed by atoms with E-state index in [2.05, 4.69) is 36.0 Å². The third kappa shape index (κ3) is 7.03. The second-order valence-electron chi connectivity index (χ2n) is 11.2. The number of carbonyl (C=O) groups is 2. The predicted octanol–water partition coefficient (Wildman–Crippen LogP) is 4.63. The Balaban J connectivity index is 1.02. The smallest absolute Gasteiger partial charge is 0.259 e. The lowest BCUT2D eigenvalue weighted by Crippen LogP contribution is -2.57. The summed E-state index contributed by atoms with van der Waals surface area (Å²) < 4.78 is 13.9. The molecule has 3 atom stereocenters. The predicted molar refractivity (Wildman–Crippen MR) is 162 cm³/mol. The quantitative estimate of drug-likeness (QED) is 0.243. The van der Waals surface area contributed by atoms with Gasteiger partial charge < -0.3 is 15.3 Å². The van der Waals surface area contributed by atoms with Crippen LogP contribution in [0.25, 0.3) is 0 Å². The van der Waals surface area contributed by atoms with Crippen molar-refractivity contribution in [1.29, 1.82) is 0 Å². The van der Waals surface area contributed by atoms with Crippen LogP contribution in [0, 0.1) is 0 Å². The average Bonchev–Trinajstić information content (AvgIpc) is 3.66.